The minimum absolute atomic E-state index is 0.00800. The molecule has 3 amide bonds. The average Bonchev–Trinajstić information content (AvgIpc) is 2.80. The van der Waals surface area contributed by atoms with Gasteiger partial charge in [-0.15, -0.1) is 0 Å². The highest BCUT2D eigenvalue weighted by Gasteiger charge is 2.40. The van der Waals surface area contributed by atoms with E-state index in [1.54, 1.807) is 23.1 Å². The summed E-state index contributed by atoms with van der Waals surface area (Å²) in [6.07, 6.45) is 6.32. The van der Waals surface area contributed by atoms with E-state index in [4.69, 9.17) is 32.7 Å². The lowest BCUT2D eigenvalue weighted by Crippen LogP contribution is -2.58. The van der Waals surface area contributed by atoms with Crippen LogP contribution < -0.4 is 10.6 Å². The Morgan fingerprint density at radius 3 is 2.51 bits per heavy atom. The summed E-state index contributed by atoms with van der Waals surface area (Å²) in [5.74, 6) is 0.588. The van der Waals surface area contributed by atoms with Crippen molar-refractivity contribution in [3.8, 4) is 0 Å². The fraction of sp³-hybridized carbons (Fsp3) is 0.680. The minimum Gasteiger partial charge on any atom is -0.389 e. The van der Waals surface area contributed by atoms with Crippen LogP contribution in [0.4, 0.5) is 10.5 Å². The molecule has 4 atom stereocenters. The van der Waals surface area contributed by atoms with Gasteiger partial charge in [0.05, 0.1) is 44.4 Å². The first-order valence-electron chi connectivity index (χ1n) is 12.6. The van der Waals surface area contributed by atoms with Crippen LogP contribution in [0.1, 0.15) is 51.4 Å². The molecule has 194 valence electrons. The van der Waals surface area contributed by atoms with E-state index in [0.717, 1.165) is 6.54 Å². The van der Waals surface area contributed by atoms with Gasteiger partial charge in [0.25, 0.3) is 0 Å². The van der Waals surface area contributed by atoms with Crippen molar-refractivity contribution in [2.75, 3.05) is 31.6 Å². The summed E-state index contributed by atoms with van der Waals surface area (Å²) >= 11 is 12.1. The Morgan fingerprint density at radius 1 is 1.03 bits per heavy atom. The Hall–Kier alpha value is -1.58. The highest BCUT2D eigenvalue weighted by molar-refractivity contribution is 6.35. The third-order valence-electron chi connectivity index (χ3n) is 7.08. The second-order valence-electron chi connectivity index (χ2n) is 9.89. The van der Waals surface area contributed by atoms with Crippen LogP contribution in [0.2, 0.25) is 10.0 Å². The van der Waals surface area contributed by atoms with Crippen LogP contribution in [0.5, 0.6) is 0 Å². The molecule has 2 aliphatic heterocycles. The van der Waals surface area contributed by atoms with Gasteiger partial charge in [0, 0.05) is 22.3 Å². The second-order valence-corrected chi connectivity index (χ2v) is 10.8. The summed E-state index contributed by atoms with van der Waals surface area (Å²) in [6, 6.07) is 4.16. The quantitative estimate of drug-likeness (QED) is 0.532. The predicted molar refractivity (Wildman–Crippen MR) is 135 cm³/mol. The predicted octanol–water partition coefficient (Wildman–Crippen LogP) is 4.22. The molecule has 1 aliphatic carbocycles. The number of benzene rings is 1. The van der Waals surface area contributed by atoms with E-state index in [0.29, 0.717) is 40.9 Å². The monoisotopic (exact) mass is 527 g/mol. The third-order valence-corrected chi connectivity index (χ3v) is 7.52. The Bertz CT molecular complexity index is 862. The van der Waals surface area contributed by atoms with Gasteiger partial charge in [-0.1, -0.05) is 42.5 Å². The van der Waals surface area contributed by atoms with E-state index in [1.165, 1.54) is 32.1 Å². The normalized spacial score (nSPS) is 27.9. The number of β-amino-alcohol motifs (C(OH)–C–C–N with tert-alkyl or cyclic N) is 1. The van der Waals surface area contributed by atoms with Gasteiger partial charge >= 0.3 is 6.03 Å². The average molecular weight is 528 g/mol. The van der Waals surface area contributed by atoms with Crippen LogP contribution in [0.15, 0.2) is 18.2 Å². The Balaban J connectivity index is 1.35. The van der Waals surface area contributed by atoms with E-state index >= 15 is 0 Å². The molecule has 3 N–H and O–H groups in total. The number of aliphatic hydroxyl groups is 1. The molecular weight excluding hydrogens is 493 g/mol. The fourth-order valence-electron chi connectivity index (χ4n) is 5.32. The molecule has 8 nitrogen and oxygen atoms in total. The van der Waals surface area contributed by atoms with E-state index in [-0.39, 0.29) is 49.9 Å². The first kappa shape index (κ1) is 26.5. The lowest BCUT2D eigenvalue weighted by molar-refractivity contribution is -0.149. The first-order valence-corrected chi connectivity index (χ1v) is 13.3. The van der Waals surface area contributed by atoms with Crippen molar-refractivity contribution in [2.24, 2.45) is 5.92 Å². The van der Waals surface area contributed by atoms with Gasteiger partial charge < -0.3 is 30.1 Å². The number of urea groups is 1. The van der Waals surface area contributed by atoms with Gasteiger partial charge in [-0.05, 0) is 49.8 Å². The Morgan fingerprint density at radius 2 is 1.77 bits per heavy atom. The molecule has 35 heavy (non-hydrogen) atoms. The van der Waals surface area contributed by atoms with Crippen LogP contribution in [0.25, 0.3) is 0 Å². The third kappa shape index (κ3) is 7.70. The standard InChI is InChI=1S/C25H35Cl2N3O5/c26-17-8-18(27)10-19(9-17)29-25(33)30-13-20(31)14-34-15-23-22(30)7-6-21(35-23)11-24(32)28-12-16-4-2-1-3-5-16/h8-10,16,20-23,31H,1-7,11-15H2,(H,28,32)(H,29,33)/t20-,21-,22+,23-/m1/s1. The maximum absolute atomic E-state index is 13.2. The number of halogens is 2. The SMILES string of the molecule is O=C(C[C@H]1CC[C@H]2[C@@H](COC[C@H](O)CN2C(=O)Nc2cc(Cl)cc(Cl)c2)O1)NCC1CCCCC1. The van der Waals surface area contributed by atoms with Gasteiger partial charge in [0.1, 0.15) is 6.10 Å². The van der Waals surface area contributed by atoms with Crippen molar-refractivity contribution in [1.82, 2.24) is 10.2 Å². The molecule has 0 radical (unpaired) electrons. The molecule has 2 saturated heterocycles. The minimum atomic E-state index is -0.812. The molecule has 2 heterocycles. The van der Waals surface area contributed by atoms with Crippen molar-refractivity contribution in [3.63, 3.8) is 0 Å². The lowest BCUT2D eigenvalue weighted by Gasteiger charge is -2.44. The number of rotatable bonds is 5. The summed E-state index contributed by atoms with van der Waals surface area (Å²) in [6.45, 7) is 1.19. The number of fused-ring (bicyclic) bond motifs is 1. The summed E-state index contributed by atoms with van der Waals surface area (Å²) in [7, 11) is 0. The molecule has 0 unspecified atom stereocenters. The van der Waals surface area contributed by atoms with Crippen molar-refractivity contribution >= 4 is 40.8 Å². The van der Waals surface area contributed by atoms with Gasteiger partial charge in [-0.2, -0.15) is 0 Å². The molecule has 3 fully saturated rings. The number of hydrogen-bond donors (Lipinski definition) is 3. The summed E-state index contributed by atoms with van der Waals surface area (Å²) in [5.41, 5.74) is 0.473. The zero-order chi connectivity index (χ0) is 24.8. The molecule has 1 saturated carbocycles. The first-order chi connectivity index (χ1) is 16.9. The topological polar surface area (TPSA) is 100 Å². The van der Waals surface area contributed by atoms with Crippen LogP contribution in [-0.2, 0) is 14.3 Å². The Kier molecular flexibility index (Phi) is 9.53. The molecule has 0 bridgehead atoms. The lowest BCUT2D eigenvalue weighted by atomic mass is 9.89. The molecule has 0 aromatic heterocycles. The molecule has 1 aromatic rings. The molecule has 4 rings (SSSR count). The van der Waals surface area contributed by atoms with Crippen molar-refractivity contribution in [2.45, 2.75) is 75.7 Å². The van der Waals surface area contributed by atoms with Crippen LogP contribution in [0, 0.1) is 5.92 Å². The number of aliphatic hydroxyl groups excluding tert-OH is 1. The maximum Gasteiger partial charge on any atom is 0.322 e. The largest absolute Gasteiger partial charge is 0.389 e. The highest BCUT2D eigenvalue weighted by atomic mass is 35.5. The van der Waals surface area contributed by atoms with Crippen LogP contribution >= 0.6 is 23.2 Å². The molecule has 1 aromatic carbocycles. The molecule has 3 aliphatic rings. The Labute approximate surface area is 216 Å². The highest BCUT2D eigenvalue weighted by Crippen LogP contribution is 2.29. The number of nitrogens with one attached hydrogen (secondary N) is 2. The van der Waals surface area contributed by atoms with E-state index in [9.17, 15) is 14.7 Å². The summed E-state index contributed by atoms with van der Waals surface area (Å²) in [5, 5.41) is 17.1. The second kappa shape index (κ2) is 12.6. The van der Waals surface area contributed by atoms with Crippen molar-refractivity contribution in [1.29, 1.82) is 0 Å². The zero-order valence-corrected chi connectivity index (χ0v) is 21.4. The number of anilines is 1. The summed E-state index contributed by atoms with van der Waals surface area (Å²) in [4.78, 5) is 27.4. The number of carbonyl (C=O) groups is 2. The van der Waals surface area contributed by atoms with Gasteiger partial charge in [0.2, 0.25) is 5.91 Å². The van der Waals surface area contributed by atoms with Crippen LogP contribution in [0.3, 0.4) is 0 Å². The van der Waals surface area contributed by atoms with Crippen molar-refractivity contribution < 1.29 is 24.2 Å². The van der Waals surface area contributed by atoms with Crippen molar-refractivity contribution in [3.05, 3.63) is 28.2 Å². The smallest absolute Gasteiger partial charge is 0.322 e. The van der Waals surface area contributed by atoms with E-state index in [2.05, 4.69) is 10.6 Å². The molecular formula is C25H35Cl2N3O5. The maximum atomic E-state index is 13.2. The molecule has 10 heteroatoms. The number of hydrogen-bond acceptors (Lipinski definition) is 5. The number of nitrogens with zero attached hydrogens (tertiary/aromatic N) is 1. The zero-order valence-electron chi connectivity index (χ0n) is 19.9. The summed E-state index contributed by atoms with van der Waals surface area (Å²) < 4.78 is 11.9. The van der Waals surface area contributed by atoms with E-state index in [1.807, 2.05) is 0 Å². The fourth-order valence-corrected chi connectivity index (χ4v) is 5.85. The number of carbonyl (C=O) groups excluding carboxylic acids is 2. The molecule has 0 spiro atoms. The van der Waals surface area contributed by atoms with Crippen LogP contribution in [-0.4, -0.2) is 72.6 Å². The number of ether oxygens (including phenoxy) is 2. The van der Waals surface area contributed by atoms with Gasteiger partial charge in [-0.25, -0.2) is 4.79 Å². The van der Waals surface area contributed by atoms with Gasteiger partial charge in [-0.3, -0.25) is 4.79 Å². The number of amides is 3. The van der Waals surface area contributed by atoms with Gasteiger partial charge in [0.15, 0.2) is 0 Å². The van der Waals surface area contributed by atoms with E-state index < -0.39 is 6.10 Å².